The van der Waals surface area contributed by atoms with Crippen molar-refractivity contribution >= 4 is 0 Å². The maximum atomic E-state index is 7.13. The van der Waals surface area contributed by atoms with Gasteiger partial charge in [-0.2, -0.15) is 0 Å². The van der Waals surface area contributed by atoms with Crippen molar-refractivity contribution in [3.63, 3.8) is 0 Å². The summed E-state index contributed by atoms with van der Waals surface area (Å²) in [5.74, 6) is 2.96. The quantitative estimate of drug-likeness (QED) is 0.802. The van der Waals surface area contributed by atoms with Gasteiger partial charge in [-0.25, -0.2) is 0 Å². The minimum atomic E-state index is 0.0303. The first-order valence-corrected chi connectivity index (χ1v) is 8.93. The summed E-state index contributed by atoms with van der Waals surface area (Å²) in [5, 5.41) is 0. The van der Waals surface area contributed by atoms with Crippen molar-refractivity contribution in [1.29, 1.82) is 0 Å². The zero-order valence-corrected chi connectivity index (χ0v) is 13.7. The van der Waals surface area contributed by atoms with Crippen LogP contribution in [0.2, 0.25) is 0 Å². The molecule has 1 aromatic rings. The van der Waals surface area contributed by atoms with Crippen LogP contribution >= 0.6 is 0 Å². The third-order valence-corrected chi connectivity index (χ3v) is 6.14. The minimum Gasteiger partial charge on any atom is -0.324 e. The molecular formula is C20H31N. The second-order valence-corrected chi connectivity index (χ2v) is 7.94. The van der Waals surface area contributed by atoms with Gasteiger partial charge in [-0.1, -0.05) is 57.0 Å². The summed E-state index contributed by atoms with van der Waals surface area (Å²) in [6.07, 6.45) is 9.23. The van der Waals surface area contributed by atoms with E-state index in [1.54, 1.807) is 0 Å². The van der Waals surface area contributed by atoms with Gasteiger partial charge >= 0.3 is 0 Å². The summed E-state index contributed by atoms with van der Waals surface area (Å²) in [7, 11) is 0. The average molecular weight is 285 g/mol. The third-order valence-electron chi connectivity index (χ3n) is 6.14. The van der Waals surface area contributed by atoms with Crippen molar-refractivity contribution in [3.8, 4) is 0 Å². The summed E-state index contributed by atoms with van der Waals surface area (Å²) in [5.41, 5.74) is 8.64. The molecule has 0 aliphatic heterocycles. The first-order chi connectivity index (χ1) is 10.1. The molecule has 21 heavy (non-hydrogen) atoms. The first-order valence-electron chi connectivity index (χ1n) is 8.93. The van der Waals surface area contributed by atoms with Crippen LogP contribution in [0.3, 0.4) is 0 Å². The maximum Gasteiger partial charge on any atom is 0.0252 e. The summed E-state index contributed by atoms with van der Waals surface area (Å²) >= 11 is 0. The molecule has 3 rings (SSSR count). The predicted molar refractivity (Wildman–Crippen MR) is 90.2 cm³/mol. The van der Waals surface area contributed by atoms with E-state index >= 15 is 0 Å². The highest BCUT2D eigenvalue weighted by Crippen LogP contribution is 2.49. The Bertz CT molecular complexity index is 444. The number of benzene rings is 1. The van der Waals surface area contributed by atoms with Crippen LogP contribution in [-0.2, 0) is 0 Å². The van der Waals surface area contributed by atoms with E-state index in [9.17, 15) is 0 Å². The molecule has 0 radical (unpaired) electrons. The molecule has 2 aliphatic rings. The van der Waals surface area contributed by atoms with Gasteiger partial charge in [0.1, 0.15) is 0 Å². The van der Waals surface area contributed by atoms with Gasteiger partial charge in [0.05, 0.1) is 0 Å². The first kappa shape index (κ1) is 15.1. The van der Waals surface area contributed by atoms with Gasteiger partial charge in [0.25, 0.3) is 0 Å². The standard InChI is InChI=1S/C20H31N/c1-15-12-16(2)14-18(13-15)20(21)11-7-6-10-19(20)17-8-4-3-5-9-17/h3-5,8-9,15-16,18-19H,6-7,10-14,21H2,1-2H3. The highest BCUT2D eigenvalue weighted by molar-refractivity contribution is 5.25. The van der Waals surface area contributed by atoms with Crippen LogP contribution in [0, 0.1) is 17.8 Å². The van der Waals surface area contributed by atoms with E-state index in [0.29, 0.717) is 11.8 Å². The van der Waals surface area contributed by atoms with Gasteiger partial charge in [0.2, 0.25) is 0 Å². The van der Waals surface area contributed by atoms with Gasteiger partial charge < -0.3 is 5.73 Å². The molecule has 1 aromatic carbocycles. The van der Waals surface area contributed by atoms with Gasteiger partial charge in [-0.3, -0.25) is 0 Å². The Morgan fingerprint density at radius 3 is 2.29 bits per heavy atom. The number of nitrogens with two attached hydrogens (primary N) is 1. The Morgan fingerprint density at radius 2 is 1.62 bits per heavy atom. The molecule has 4 atom stereocenters. The Kier molecular flexibility index (Phi) is 4.40. The van der Waals surface area contributed by atoms with Crippen molar-refractivity contribution in [3.05, 3.63) is 35.9 Å². The second-order valence-electron chi connectivity index (χ2n) is 7.94. The molecule has 4 unspecified atom stereocenters. The van der Waals surface area contributed by atoms with Gasteiger partial charge in [-0.05, 0) is 55.4 Å². The molecule has 0 heterocycles. The normalized spacial score (nSPS) is 40.9. The van der Waals surface area contributed by atoms with Crippen LogP contribution in [-0.4, -0.2) is 5.54 Å². The lowest BCUT2D eigenvalue weighted by Gasteiger charge is -2.50. The molecule has 0 aromatic heterocycles. The lowest BCUT2D eigenvalue weighted by Crippen LogP contribution is -2.55. The van der Waals surface area contributed by atoms with E-state index in [4.69, 9.17) is 5.73 Å². The highest BCUT2D eigenvalue weighted by atomic mass is 14.8. The Balaban J connectivity index is 1.88. The van der Waals surface area contributed by atoms with E-state index in [1.165, 1.54) is 50.5 Å². The number of rotatable bonds is 2. The fourth-order valence-corrected chi connectivity index (χ4v) is 5.26. The van der Waals surface area contributed by atoms with Crippen molar-refractivity contribution in [2.45, 2.75) is 70.3 Å². The second kappa shape index (κ2) is 6.12. The zero-order chi connectivity index (χ0) is 14.9. The Hall–Kier alpha value is -0.820. The predicted octanol–water partition coefficient (Wildman–Crippen LogP) is 5.11. The molecule has 2 aliphatic carbocycles. The van der Waals surface area contributed by atoms with Crippen LogP contribution in [0.15, 0.2) is 30.3 Å². The molecule has 116 valence electrons. The maximum absolute atomic E-state index is 7.13. The molecular weight excluding hydrogens is 254 g/mol. The molecule has 2 fully saturated rings. The average Bonchev–Trinajstić information content (AvgIpc) is 2.47. The van der Waals surface area contributed by atoms with Gasteiger partial charge in [-0.15, -0.1) is 0 Å². The van der Waals surface area contributed by atoms with Crippen LogP contribution in [0.25, 0.3) is 0 Å². The van der Waals surface area contributed by atoms with Crippen molar-refractivity contribution in [2.75, 3.05) is 0 Å². The minimum absolute atomic E-state index is 0.0303. The smallest absolute Gasteiger partial charge is 0.0252 e. The number of hydrogen-bond acceptors (Lipinski definition) is 1. The fourth-order valence-electron chi connectivity index (χ4n) is 5.26. The van der Waals surface area contributed by atoms with Crippen molar-refractivity contribution in [2.24, 2.45) is 23.5 Å². The summed E-state index contributed by atoms with van der Waals surface area (Å²) < 4.78 is 0. The summed E-state index contributed by atoms with van der Waals surface area (Å²) in [6, 6.07) is 11.1. The van der Waals surface area contributed by atoms with Gasteiger partial charge in [0.15, 0.2) is 0 Å². The Morgan fingerprint density at radius 1 is 0.952 bits per heavy atom. The molecule has 0 amide bonds. The molecule has 2 saturated carbocycles. The molecule has 0 bridgehead atoms. The van der Waals surface area contributed by atoms with E-state index in [1.807, 2.05) is 0 Å². The lowest BCUT2D eigenvalue weighted by atomic mass is 9.58. The van der Waals surface area contributed by atoms with E-state index in [0.717, 1.165) is 11.8 Å². The zero-order valence-electron chi connectivity index (χ0n) is 13.7. The molecule has 0 spiro atoms. The largest absolute Gasteiger partial charge is 0.324 e. The SMILES string of the molecule is CC1CC(C)CC(C2(N)CCCCC2c2ccccc2)C1. The van der Waals surface area contributed by atoms with E-state index in [-0.39, 0.29) is 5.54 Å². The van der Waals surface area contributed by atoms with E-state index in [2.05, 4.69) is 44.2 Å². The van der Waals surface area contributed by atoms with Crippen LogP contribution in [0.5, 0.6) is 0 Å². The number of hydrogen-bond donors (Lipinski definition) is 1. The summed E-state index contributed by atoms with van der Waals surface area (Å²) in [4.78, 5) is 0. The van der Waals surface area contributed by atoms with Gasteiger partial charge in [0, 0.05) is 11.5 Å². The third kappa shape index (κ3) is 3.04. The van der Waals surface area contributed by atoms with E-state index < -0.39 is 0 Å². The molecule has 1 heteroatoms. The van der Waals surface area contributed by atoms with Crippen LogP contribution < -0.4 is 5.73 Å². The highest BCUT2D eigenvalue weighted by Gasteiger charge is 2.45. The molecule has 0 saturated heterocycles. The lowest BCUT2D eigenvalue weighted by molar-refractivity contribution is 0.0871. The monoisotopic (exact) mass is 285 g/mol. The Labute approximate surface area is 130 Å². The van der Waals surface area contributed by atoms with Crippen LogP contribution in [0.4, 0.5) is 0 Å². The van der Waals surface area contributed by atoms with Crippen LogP contribution in [0.1, 0.15) is 70.3 Å². The van der Waals surface area contributed by atoms with Crippen molar-refractivity contribution in [1.82, 2.24) is 0 Å². The van der Waals surface area contributed by atoms with Crippen molar-refractivity contribution < 1.29 is 0 Å². The molecule has 1 nitrogen and oxygen atoms in total. The fraction of sp³-hybridized carbons (Fsp3) is 0.700. The topological polar surface area (TPSA) is 26.0 Å². The summed E-state index contributed by atoms with van der Waals surface area (Å²) in [6.45, 7) is 4.85. The molecule has 2 N–H and O–H groups in total.